The SMILES string of the molecule is CCN(CCO)C(=O)C1CCCN1C1CCOCC1. The molecule has 19 heavy (non-hydrogen) atoms. The summed E-state index contributed by atoms with van der Waals surface area (Å²) < 4.78 is 5.41. The van der Waals surface area contributed by atoms with Gasteiger partial charge in [-0.3, -0.25) is 9.69 Å². The number of carbonyl (C=O) groups is 1. The third kappa shape index (κ3) is 3.46. The Hall–Kier alpha value is -0.650. The molecule has 2 fully saturated rings. The van der Waals surface area contributed by atoms with E-state index in [1.807, 2.05) is 6.92 Å². The first-order valence-corrected chi connectivity index (χ1v) is 7.51. The monoisotopic (exact) mass is 270 g/mol. The number of hydrogen-bond acceptors (Lipinski definition) is 4. The number of amides is 1. The minimum Gasteiger partial charge on any atom is -0.395 e. The number of aliphatic hydroxyl groups excluding tert-OH is 1. The van der Waals surface area contributed by atoms with Gasteiger partial charge < -0.3 is 14.7 Å². The van der Waals surface area contributed by atoms with Gasteiger partial charge in [-0.15, -0.1) is 0 Å². The van der Waals surface area contributed by atoms with Crippen LogP contribution in [0.15, 0.2) is 0 Å². The molecule has 1 amide bonds. The van der Waals surface area contributed by atoms with Crippen LogP contribution in [0.25, 0.3) is 0 Å². The van der Waals surface area contributed by atoms with Crippen molar-refractivity contribution in [1.82, 2.24) is 9.80 Å². The van der Waals surface area contributed by atoms with E-state index in [0.29, 0.717) is 19.1 Å². The first-order valence-electron chi connectivity index (χ1n) is 7.51. The van der Waals surface area contributed by atoms with Gasteiger partial charge in [0.2, 0.25) is 5.91 Å². The van der Waals surface area contributed by atoms with Crippen LogP contribution in [0, 0.1) is 0 Å². The number of likely N-dealkylation sites (tertiary alicyclic amines) is 1. The Morgan fingerprint density at radius 1 is 1.37 bits per heavy atom. The van der Waals surface area contributed by atoms with Crippen molar-refractivity contribution in [3.05, 3.63) is 0 Å². The third-order valence-electron chi connectivity index (χ3n) is 4.30. The third-order valence-corrected chi connectivity index (χ3v) is 4.30. The second-order valence-corrected chi connectivity index (χ2v) is 5.38. The van der Waals surface area contributed by atoms with Gasteiger partial charge in [-0.25, -0.2) is 0 Å². The van der Waals surface area contributed by atoms with E-state index in [1.54, 1.807) is 4.90 Å². The van der Waals surface area contributed by atoms with E-state index in [1.165, 1.54) is 0 Å². The number of likely N-dealkylation sites (N-methyl/N-ethyl adjacent to an activating group) is 1. The minimum atomic E-state index is 0.0228. The smallest absolute Gasteiger partial charge is 0.240 e. The van der Waals surface area contributed by atoms with Crippen molar-refractivity contribution in [2.24, 2.45) is 0 Å². The van der Waals surface area contributed by atoms with E-state index >= 15 is 0 Å². The molecule has 1 atom stereocenters. The molecule has 2 heterocycles. The van der Waals surface area contributed by atoms with E-state index in [9.17, 15) is 4.79 Å². The zero-order valence-electron chi connectivity index (χ0n) is 11.9. The van der Waals surface area contributed by atoms with Crippen molar-refractivity contribution in [3.8, 4) is 0 Å². The van der Waals surface area contributed by atoms with E-state index in [4.69, 9.17) is 9.84 Å². The lowest BCUT2D eigenvalue weighted by molar-refractivity contribution is -0.137. The first-order chi connectivity index (χ1) is 9.27. The van der Waals surface area contributed by atoms with E-state index in [2.05, 4.69) is 4.90 Å². The van der Waals surface area contributed by atoms with Crippen LogP contribution in [0.1, 0.15) is 32.6 Å². The number of rotatable bonds is 5. The van der Waals surface area contributed by atoms with Gasteiger partial charge in [0.05, 0.1) is 12.6 Å². The van der Waals surface area contributed by atoms with Crippen LogP contribution in [0.4, 0.5) is 0 Å². The maximum atomic E-state index is 12.6. The molecule has 2 aliphatic rings. The Kier molecular flexibility index (Phi) is 5.60. The fourth-order valence-electron chi connectivity index (χ4n) is 3.26. The highest BCUT2D eigenvalue weighted by atomic mass is 16.5. The highest BCUT2D eigenvalue weighted by molar-refractivity contribution is 5.82. The van der Waals surface area contributed by atoms with Crippen molar-refractivity contribution in [2.45, 2.75) is 44.7 Å². The molecular weight excluding hydrogens is 244 g/mol. The Balaban J connectivity index is 1.98. The molecule has 0 radical (unpaired) electrons. The summed E-state index contributed by atoms with van der Waals surface area (Å²) in [6, 6.07) is 0.521. The summed E-state index contributed by atoms with van der Waals surface area (Å²) in [5.41, 5.74) is 0. The summed E-state index contributed by atoms with van der Waals surface area (Å²) in [5, 5.41) is 9.05. The molecule has 2 rings (SSSR count). The van der Waals surface area contributed by atoms with Crippen LogP contribution >= 0.6 is 0 Å². The molecule has 0 aromatic heterocycles. The lowest BCUT2D eigenvalue weighted by Crippen LogP contribution is -2.51. The molecule has 0 aromatic rings. The average molecular weight is 270 g/mol. The normalized spacial score (nSPS) is 25.7. The molecule has 0 saturated carbocycles. The molecule has 5 nitrogen and oxygen atoms in total. The van der Waals surface area contributed by atoms with Gasteiger partial charge >= 0.3 is 0 Å². The fourth-order valence-corrected chi connectivity index (χ4v) is 3.26. The zero-order chi connectivity index (χ0) is 13.7. The Labute approximate surface area is 115 Å². The maximum absolute atomic E-state index is 12.6. The number of ether oxygens (including phenoxy) is 1. The molecule has 110 valence electrons. The molecule has 0 spiro atoms. The van der Waals surface area contributed by atoms with Crippen molar-refractivity contribution >= 4 is 5.91 Å². The summed E-state index contributed by atoms with van der Waals surface area (Å²) in [6.07, 6.45) is 4.13. The predicted octanol–water partition coefficient (Wildman–Crippen LogP) is 0.471. The standard InChI is InChI=1S/C14H26N2O3/c1-2-15(8-9-17)14(18)13-4-3-7-16(13)12-5-10-19-11-6-12/h12-13,17H,2-11H2,1H3. The highest BCUT2D eigenvalue weighted by Crippen LogP contribution is 2.26. The molecule has 1 unspecified atom stereocenters. The molecule has 0 aromatic carbocycles. The second kappa shape index (κ2) is 7.22. The molecule has 0 aliphatic carbocycles. The summed E-state index contributed by atoms with van der Waals surface area (Å²) in [4.78, 5) is 16.7. The first kappa shape index (κ1) is 14.8. The van der Waals surface area contributed by atoms with Crippen LogP contribution in [0.5, 0.6) is 0 Å². The molecule has 1 N–H and O–H groups in total. The topological polar surface area (TPSA) is 53.0 Å². The molecular formula is C14H26N2O3. The zero-order valence-corrected chi connectivity index (χ0v) is 11.9. The average Bonchev–Trinajstić information content (AvgIpc) is 2.94. The van der Waals surface area contributed by atoms with Gasteiger partial charge in [-0.1, -0.05) is 0 Å². The van der Waals surface area contributed by atoms with Gasteiger partial charge in [0.15, 0.2) is 0 Å². The molecule has 2 saturated heterocycles. The lowest BCUT2D eigenvalue weighted by atomic mass is 10.1. The van der Waals surface area contributed by atoms with Crippen molar-refractivity contribution in [3.63, 3.8) is 0 Å². The van der Waals surface area contributed by atoms with E-state index in [0.717, 1.165) is 45.4 Å². The highest BCUT2D eigenvalue weighted by Gasteiger charge is 2.37. The van der Waals surface area contributed by atoms with Crippen LogP contribution in [-0.2, 0) is 9.53 Å². The maximum Gasteiger partial charge on any atom is 0.240 e. The summed E-state index contributed by atoms with van der Waals surface area (Å²) >= 11 is 0. The fraction of sp³-hybridized carbons (Fsp3) is 0.929. The predicted molar refractivity (Wildman–Crippen MR) is 72.9 cm³/mol. The van der Waals surface area contributed by atoms with Crippen molar-refractivity contribution < 1.29 is 14.6 Å². The lowest BCUT2D eigenvalue weighted by Gasteiger charge is -2.36. The Morgan fingerprint density at radius 2 is 2.11 bits per heavy atom. The van der Waals surface area contributed by atoms with E-state index in [-0.39, 0.29) is 18.6 Å². The quantitative estimate of drug-likeness (QED) is 0.789. The van der Waals surface area contributed by atoms with Gasteiger partial charge in [0, 0.05) is 32.3 Å². The van der Waals surface area contributed by atoms with Crippen LogP contribution in [0.2, 0.25) is 0 Å². The number of nitrogens with zero attached hydrogens (tertiary/aromatic N) is 2. The minimum absolute atomic E-state index is 0.0228. The van der Waals surface area contributed by atoms with Crippen LogP contribution in [0.3, 0.4) is 0 Å². The summed E-state index contributed by atoms with van der Waals surface area (Å²) in [6.45, 7) is 5.81. The van der Waals surface area contributed by atoms with Crippen molar-refractivity contribution in [2.75, 3.05) is 39.5 Å². The molecule has 2 aliphatic heterocycles. The number of aliphatic hydroxyl groups is 1. The molecule has 5 heteroatoms. The number of hydrogen-bond donors (Lipinski definition) is 1. The summed E-state index contributed by atoms with van der Waals surface area (Å²) in [7, 11) is 0. The van der Waals surface area contributed by atoms with E-state index < -0.39 is 0 Å². The number of carbonyl (C=O) groups excluding carboxylic acids is 1. The van der Waals surface area contributed by atoms with Gasteiger partial charge in [0.1, 0.15) is 0 Å². The van der Waals surface area contributed by atoms with Crippen molar-refractivity contribution in [1.29, 1.82) is 0 Å². The van der Waals surface area contributed by atoms with Crippen LogP contribution < -0.4 is 0 Å². The largest absolute Gasteiger partial charge is 0.395 e. The van der Waals surface area contributed by atoms with Gasteiger partial charge in [-0.2, -0.15) is 0 Å². The Bertz CT molecular complexity index is 292. The molecule has 0 bridgehead atoms. The van der Waals surface area contributed by atoms with Gasteiger partial charge in [-0.05, 0) is 39.2 Å². The Morgan fingerprint density at radius 3 is 2.74 bits per heavy atom. The van der Waals surface area contributed by atoms with Gasteiger partial charge in [0.25, 0.3) is 0 Å². The van der Waals surface area contributed by atoms with Crippen LogP contribution in [-0.4, -0.2) is 72.4 Å². The second-order valence-electron chi connectivity index (χ2n) is 5.38. The summed E-state index contributed by atoms with van der Waals surface area (Å²) in [5.74, 6) is 0.195.